The maximum absolute atomic E-state index is 4.57. The minimum Gasteiger partial charge on any atom is -0.195 e. The van der Waals surface area contributed by atoms with E-state index in [0.29, 0.717) is 0 Å². The van der Waals surface area contributed by atoms with Gasteiger partial charge in [0.1, 0.15) is 0 Å². The van der Waals surface area contributed by atoms with Gasteiger partial charge in [0.2, 0.25) is 0 Å². The molecule has 0 amide bonds. The Balaban J connectivity index is 2.29. The standard InChI is InChI=1S/C15H13NS/c1-2-12-3-5-13(6-4-12)14-7-9-15(10-8-14)16-11-17/h3-10H,2H2,1H3. The van der Waals surface area contributed by atoms with Crippen molar-refractivity contribution in [3.05, 3.63) is 54.1 Å². The number of nitrogens with zero attached hydrogens (tertiary/aromatic N) is 1. The third-order valence-corrected chi connectivity index (χ3v) is 2.83. The van der Waals surface area contributed by atoms with Gasteiger partial charge >= 0.3 is 0 Å². The molecule has 0 spiro atoms. The third-order valence-electron chi connectivity index (χ3n) is 2.74. The van der Waals surface area contributed by atoms with Gasteiger partial charge in [0, 0.05) is 0 Å². The molecule has 0 heterocycles. The van der Waals surface area contributed by atoms with E-state index in [-0.39, 0.29) is 0 Å². The van der Waals surface area contributed by atoms with Gasteiger partial charge in [0.15, 0.2) is 0 Å². The molecular formula is C15H13NS. The van der Waals surface area contributed by atoms with Gasteiger partial charge in [0.05, 0.1) is 10.8 Å². The molecule has 0 radical (unpaired) electrons. The Morgan fingerprint density at radius 3 is 1.94 bits per heavy atom. The fraction of sp³-hybridized carbons (Fsp3) is 0.133. The second-order valence-corrected chi connectivity index (χ2v) is 3.98. The lowest BCUT2D eigenvalue weighted by atomic mass is 10.0. The van der Waals surface area contributed by atoms with Crippen molar-refractivity contribution < 1.29 is 0 Å². The quantitative estimate of drug-likeness (QED) is 0.561. The number of benzene rings is 2. The van der Waals surface area contributed by atoms with Crippen molar-refractivity contribution in [3.8, 4) is 11.1 Å². The second-order valence-electron chi connectivity index (χ2n) is 3.80. The predicted molar refractivity (Wildman–Crippen MR) is 75.9 cm³/mol. The lowest BCUT2D eigenvalue weighted by Gasteiger charge is -2.03. The molecule has 17 heavy (non-hydrogen) atoms. The Kier molecular flexibility index (Phi) is 3.81. The molecule has 2 rings (SSSR count). The van der Waals surface area contributed by atoms with Crippen LogP contribution in [0.15, 0.2) is 53.5 Å². The van der Waals surface area contributed by atoms with E-state index >= 15 is 0 Å². The number of rotatable bonds is 3. The fourth-order valence-corrected chi connectivity index (χ4v) is 1.82. The highest BCUT2D eigenvalue weighted by molar-refractivity contribution is 7.78. The average molecular weight is 239 g/mol. The molecule has 0 bridgehead atoms. The largest absolute Gasteiger partial charge is 0.195 e. The first kappa shape index (κ1) is 11.7. The van der Waals surface area contributed by atoms with Crippen molar-refractivity contribution in [2.75, 3.05) is 0 Å². The van der Waals surface area contributed by atoms with E-state index < -0.39 is 0 Å². The number of hydrogen-bond donors (Lipinski definition) is 0. The molecule has 0 aliphatic rings. The van der Waals surface area contributed by atoms with Crippen LogP contribution in [-0.4, -0.2) is 5.16 Å². The minimum absolute atomic E-state index is 0.842. The molecule has 2 aromatic rings. The highest BCUT2D eigenvalue weighted by Crippen LogP contribution is 2.22. The lowest BCUT2D eigenvalue weighted by molar-refractivity contribution is 1.14. The first-order valence-electron chi connectivity index (χ1n) is 5.60. The van der Waals surface area contributed by atoms with E-state index in [1.165, 1.54) is 16.7 Å². The number of aliphatic imine (C=N–C) groups is 1. The van der Waals surface area contributed by atoms with Crippen molar-refractivity contribution >= 4 is 23.1 Å². The summed E-state index contributed by atoms with van der Waals surface area (Å²) in [6.07, 6.45) is 1.07. The normalized spacial score (nSPS) is 9.71. The molecule has 0 aliphatic carbocycles. The fourth-order valence-electron chi connectivity index (χ4n) is 1.71. The SMILES string of the molecule is CCc1ccc(-c2ccc(N=C=S)cc2)cc1. The van der Waals surface area contributed by atoms with Crippen LogP contribution in [0, 0.1) is 0 Å². The van der Waals surface area contributed by atoms with Gasteiger partial charge in [-0.05, 0) is 47.5 Å². The molecule has 0 atom stereocenters. The van der Waals surface area contributed by atoms with Crippen molar-refractivity contribution in [1.82, 2.24) is 0 Å². The van der Waals surface area contributed by atoms with Crippen LogP contribution in [0.4, 0.5) is 5.69 Å². The van der Waals surface area contributed by atoms with Gasteiger partial charge in [-0.25, -0.2) is 0 Å². The van der Waals surface area contributed by atoms with E-state index in [4.69, 9.17) is 0 Å². The Morgan fingerprint density at radius 2 is 1.47 bits per heavy atom. The smallest absolute Gasteiger partial charge is 0.0739 e. The number of isothiocyanates is 1. The Bertz CT molecular complexity index is 534. The summed E-state index contributed by atoms with van der Waals surface area (Å²) in [4.78, 5) is 3.93. The van der Waals surface area contributed by atoms with Gasteiger partial charge in [-0.1, -0.05) is 43.3 Å². The monoisotopic (exact) mass is 239 g/mol. The summed E-state index contributed by atoms with van der Waals surface area (Å²) < 4.78 is 0. The van der Waals surface area contributed by atoms with Crippen LogP contribution in [0.25, 0.3) is 11.1 Å². The Morgan fingerprint density at radius 1 is 0.941 bits per heavy atom. The maximum atomic E-state index is 4.57. The number of thiocarbonyl (C=S) groups is 1. The molecule has 0 saturated carbocycles. The molecule has 0 fully saturated rings. The van der Waals surface area contributed by atoms with Crippen LogP contribution in [0.5, 0.6) is 0 Å². The summed E-state index contributed by atoms with van der Waals surface area (Å²) in [5, 5.41) is 2.37. The Hall–Kier alpha value is -1.76. The van der Waals surface area contributed by atoms with Crippen molar-refractivity contribution in [3.63, 3.8) is 0 Å². The topological polar surface area (TPSA) is 12.4 Å². The lowest BCUT2D eigenvalue weighted by Crippen LogP contribution is -1.81. The molecule has 84 valence electrons. The molecule has 0 unspecified atom stereocenters. The summed E-state index contributed by atoms with van der Waals surface area (Å²) in [5.41, 5.74) is 4.61. The van der Waals surface area contributed by atoms with Crippen LogP contribution in [0.3, 0.4) is 0 Å². The highest BCUT2D eigenvalue weighted by Gasteiger charge is 1.97. The molecule has 1 nitrogen and oxygen atoms in total. The molecule has 0 aliphatic heterocycles. The van der Waals surface area contributed by atoms with Crippen molar-refractivity contribution in [1.29, 1.82) is 0 Å². The van der Waals surface area contributed by atoms with Crippen LogP contribution in [0.2, 0.25) is 0 Å². The number of hydrogen-bond acceptors (Lipinski definition) is 2. The van der Waals surface area contributed by atoms with Crippen LogP contribution in [0.1, 0.15) is 12.5 Å². The molecule has 0 N–H and O–H groups in total. The van der Waals surface area contributed by atoms with Crippen LogP contribution >= 0.6 is 12.2 Å². The summed E-state index contributed by atoms with van der Waals surface area (Å²) in [6, 6.07) is 16.6. The number of aryl methyl sites for hydroxylation is 1. The molecule has 0 saturated heterocycles. The van der Waals surface area contributed by atoms with Crippen molar-refractivity contribution in [2.24, 2.45) is 4.99 Å². The van der Waals surface area contributed by atoms with Gasteiger partial charge in [-0.15, -0.1) is 0 Å². The predicted octanol–water partition coefficient (Wildman–Crippen LogP) is 4.65. The minimum atomic E-state index is 0.842. The zero-order valence-corrected chi connectivity index (χ0v) is 10.5. The van der Waals surface area contributed by atoms with E-state index in [2.05, 4.69) is 53.6 Å². The van der Waals surface area contributed by atoms with Gasteiger partial charge in [-0.2, -0.15) is 4.99 Å². The van der Waals surface area contributed by atoms with E-state index in [1.54, 1.807) is 0 Å². The van der Waals surface area contributed by atoms with Gasteiger partial charge < -0.3 is 0 Å². The van der Waals surface area contributed by atoms with E-state index in [0.717, 1.165) is 12.1 Å². The first-order chi connectivity index (χ1) is 8.33. The highest BCUT2D eigenvalue weighted by atomic mass is 32.1. The van der Waals surface area contributed by atoms with Gasteiger partial charge in [0.25, 0.3) is 0 Å². The summed E-state index contributed by atoms with van der Waals surface area (Å²) in [5.74, 6) is 0. The molecule has 2 aromatic carbocycles. The summed E-state index contributed by atoms with van der Waals surface area (Å²) >= 11 is 4.57. The van der Waals surface area contributed by atoms with Crippen LogP contribution < -0.4 is 0 Å². The van der Waals surface area contributed by atoms with Gasteiger partial charge in [-0.3, -0.25) is 0 Å². The summed E-state index contributed by atoms with van der Waals surface area (Å²) in [7, 11) is 0. The summed E-state index contributed by atoms with van der Waals surface area (Å²) in [6.45, 7) is 2.16. The molecule has 2 heteroatoms. The average Bonchev–Trinajstić information content (AvgIpc) is 2.40. The zero-order valence-electron chi connectivity index (χ0n) is 9.68. The molecular weight excluding hydrogens is 226 g/mol. The third kappa shape index (κ3) is 2.88. The van der Waals surface area contributed by atoms with E-state index in [9.17, 15) is 0 Å². The van der Waals surface area contributed by atoms with Crippen molar-refractivity contribution in [2.45, 2.75) is 13.3 Å². The van der Waals surface area contributed by atoms with E-state index in [1.807, 2.05) is 24.3 Å². The maximum Gasteiger partial charge on any atom is 0.0739 e. The zero-order chi connectivity index (χ0) is 12.1. The van der Waals surface area contributed by atoms with Crippen LogP contribution in [-0.2, 0) is 6.42 Å². The first-order valence-corrected chi connectivity index (χ1v) is 6.01. The second kappa shape index (κ2) is 5.53. The molecule has 0 aromatic heterocycles. The Labute approximate surface area is 107 Å².